The lowest BCUT2D eigenvalue weighted by molar-refractivity contribution is 0.0935. The number of rotatable bonds is 4. The van der Waals surface area contributed by atoms with Crippen molar-refractivity contribution in [1.82, 2.24) is 10.3 Å². The van der Waals surface area contributed by atoms with Crippen LogP contribution in [0.2, 0.25) is 0 Å². The molecule has 1 unspecified atom stereocenters. The molecular formula is C14H13N3OS. The van der Waals surface area contributed by atoms with Gasteiger partial charge in [0.2, 0.25) is 0 Å². The van der Waals surface area contributed by atoms with Crippen molar-refractivity contribution in [2.75, 3.05) is 0 Å². The quantitative estimate of drug-likeness (QED) is 0.929. The maximum Gasteiger partial charge on any atom is 0.251 e. The highest BCUT2D eigenvalue weighted by atomic mass is 32.1. The summed E-state index contributed by atoms with van der Waals surface area (Å²) in [7, 11) is 0. The Morgan fingerprint density at radius 2 is 2.21 bits per heavy atom. The molecule has 96 valence electrons. The van der Waals surface area contributed by atoms with Crippen LogP contribution in [-0.4, -0.2) is 10.9 Å². The number of nitrogens with zero attached hydrogens (tertiary/aromatic N) is 2. The smallest absolute Gasteiger partial charge is 0.251 e. The molecule has 0 bridgehead atoms. The molecule has 5 heteroatoms. The van der Waals surface area contributed by atoms with Crippen LogP contribution < -0.4 is 5.32 Å². The summed E-state index contributed by atoms with van der Waals surface area (Å²) in [4.78, 5) is 16.3. The van der Waals surface area contributed by atoms with Gasteiger partial charge in [-0.25, -0.2) is 4.98 Å². The van der Waals surface area contributed by atoms with Crippen LogP contribution in [-0.2, 0) is 0 Å². The number of benzene rings is 1. The molecule has 19 heavy (non-hydrogen) atoms. The van der Waals surface area contributed by atoms with Crippen molar-refractivity contribution >= 4 is 17.2 Å². The van der Waals surface area contributed by atoms with E-state index in [1.165, 1.54) is 11.3 Å². The second kappa shape index (κ2) is 6.12. The van der Waals surface area contributed by atoms with Crippen molar-refractivity contribution in [2.24, 2.45) is 0 Å². The fraction of sp³-hybridized carbons (Fsp3) is 0.214. The fourth-order valence-electron chi connectivity index (χ4n) is 1.68. The summed E-state index contributed by atoms with van der Waals surface area (Å²) in [5.74, 6) is -0.147. The van der Waals surface area contributed by atoms with E-state index >= 15 is 0 Å². The molecule has 1 heterocycles. The second-order valence-electron chi connectivity index (χ2n) is 3.99. The second-order valence-corrected chi connectivity index (χ2v) is 4.92. The highest BCUT2D eigenvalue weighted by Gasteiger charge is 2.15. The van der Waals surface area contributed by atoms with Gasteiger partial charge < -0.3 is 5.32 Å². The van der Waals surface area contributed by atoms with E-state index in [-0.39, 0.29) is 11.9 Å². The molecule has 0 saturated carbocycles. The Kier molecular flexibility index (Phi) is 4.26. The molecule has 1 atom stereocenters. The van der Waals surface area contributed by atoms with Crippen molar-refractivity contribution in [3.05, 3.63) is 52.0 Å². The zero-order chi connectivity index (χ0) is 13.7. The van der Waals surface area contributed by atoms with Crippen molar-refractivity contribution in [2.45, 2.75) is 19.4 Å². The van der Waals surface area contributed by atoms with E-state index in [4.69, 9.17) is 5.26 Å². The van der Waals surface area contributed by atoms with Crippen molar-refractivity contribution in [3.63, 3.8) is 0 Å². The largest absolute Gasteiger partial charge is 0.343 e. The molecule has 4 nitrogen and oxygen atoms in total. The summed E-state index contributed by atoms with van der Waals surface area (Å²) in [6, 6.07) is 8.55. The topological polar surface area (TPSA) is 65.8 Å². The van der Waals surface area contributed by atoms with E-state index in [0.29, 0.717) is 11.1 Å². The predicted molar refractivity (Wildman–Crippen MR) is 73.8 cm³/mol. The summed E-state index contributed by atoms with van der Waals surface area (Å²) in [5.41, 5.74) is 1.09. The molecule has 1 aromatic heterocycles. The number of hydrogen-bond donors (Lipinski definition) is 1. The summed E-state index contributed by atoms with van der Waals surface area (Å²) in [6.45, 7) is 2.01. The highest BCUT2D eigenvalue weighted by molar-refractivity contribution is 7.09. The maximum absolute atomic E-state index is 12.1. The third-order valence-corrected chi connectivity index (χ3v) is 3.63. The molecule has 1 amide bonds. The Bertz CT molecular complexity index is 584. The third kappa shape index (κ3) is 3.18. The average molecular weight is 271 g/mol. The minimum Gasteiger partial charge on any atom is -0.343 e. The van der Waals surface area contributed by atoms with E-state index in [9.17, 15) is 4.79 Å². The summed E-state index contributed by atoms with van der Waals surface area (Å²) in [6.07, 6.45) is 2.52. The normalized spacial score (nSPS) is 11.6. The first kappa shape index (κ1) is 13.2. The Labute approximate surface area is 115 Å². The molecule has 0 aliphatic rings. The van der Waals surface area contributed by atoms with Crippen LogP contribution in [0.5, 0.6) is 0 Å². The van der Waals surface area contributed by atoms with Gasteiger partial charge >= 0.3 is 0 Å². The van der Waals surface area contributed by atoms with Gasteiger partial charge in [-0.1, -0.05) is 6.92 Å². The van der Waals surface area contributed by atoms with Crippen LogP contribution in [0.3, 0.4) is 0 Å². The molecule has 1 N–H and O–H groups in total. The first-order chi connectivity index (χ1) is 9.24. The number of amides is 1. The van der Waals surface area contributed by atoms with Crippen LogP contribution in [0.4, 0.5) is 0 Å². The minimum absolute atomic E-state index is 0.0665. The Morgan fingerprint density at radius 1 is 1.47 bits per heavy atom. The zero-order valence-corrected chi connectivity index (χ0v) is 11.3. The molecule has 0 fully saturated rings. The van der Waals surface area contributed by atoms with Gasteiger partial charge in [0.15, 0.2) is 0 Å². The number of nitrogens with one attached hydrogen (secondary N) is 1. The van der Waals surface area contributed by atoms with Crippen LogP contribution in [0.1, 0.15) is 40.3 Å². The number of hydrogen-bond acceptors (Lipinski definition) is 4. The van der Waals surface area contributed by atoms with E-state index < -0.39 is 0 Å². The van der Waals surface area contributed by atoms with Crippen LogP contribution in [0.15, 0.2) is 35.8 Å². The Balaban J connectivity index is 2.09. The maximum atomic E-state index is 12.1. The molecule has 0 aliphatic carbocycles. The summed E-state index contributed by atoms with van der Waals surface area (Å²) >= 11 is 1.53. The first-order valence-corrected chi connectivity index (χ1v) is 6.83. The third-order valence-electron chi connectivity index (χ3n) is 2.74. The molecule has 0 saturated heterocycles. The lowest BCUT2D eigenvalue weighted by Gasteiger charge is -2.14. The van der Waals surface area contributed by atoms with Gasteiger partial charge in [0.1, 0.15) is 5.01 Å². The number of carbonyl (C=O) groups excluding carboxylic acids is 1. The molecular weight excluding hydrogens is 258 g/mol. The zero-order valence-electron chi connectivity index (χ0n) is 10.5. The molecule has 1 aromatic carbocycles. The number of nitriles is 1. The van der Waals surface area contributed by atoms with Gasteiger partial charge in [-0.2, -0.15) is 5.26 Å². The summed E-state index contributed by atoms with van der Waals surface area (Å²) < 4.78 is 0. The minimum atomic E-state index is -0.147. The Morgan fingerprint density at radius 3 is 2.74 bits per heavy atom. The van der Waals surface area contributed by atoms with Crippen LogP contribution >= 0.6 is 11.3 Å². The first-order valence-electron chi connectivity index (χ1n) is 5.95. The molecule has 0 radical (unpaired) electrons. The molecule has 2 rings (SSSR count). The van der Waals surface area contributed by atoms with Crippen LogP contribution in [0.25, 0.3) is 0 Å². The van der Waals surface area contributed by atoms with Crippen LogP contribution in [0, 0.1) is 11.3 Å². The van der Waals surface area contributed by atoms with Crippen molar-refractivity contribution < 1.29 is 4.79 Å². The molecule has 0 aliphatic heterocycles. The van der Waals surface area contributed by atoms with Gasteiger partial charge in [0.25, 0.3) is 5.91 Å². The van der Waals surface area contributed by atoms with Crippen molar-refractivity contribution in [3.8, 4) is 6.07 Å². The molecule has 2 aromatic rings. The van der Waals surface area contributed by atoms with Gasteiger partial charge in [0.05, 0.1) is 17.7 Å². The lowest BCUT2D eigenvalue weighted by atomic mass is 10.1. The van der Waals surface area contributed by atoms with Gasteiger partial charge in [-0.05, 0) is 30.7 Å². The van der Waals surface area contributed by atoms with E-state index in [1.54, 1.807) is 30.5 Å². The van der Waals surface area contributed by atoms with Gasteiger partial charge in [0, 0.05) is 17.1 Å². The Hall–Kier alpha value is -2.19. The van der Waals surface area contributed by atoms with Crippen molar-refractivity contribution in [1.29, 1.82) is 5.26 Å². The van der Waals surface area contributed by atoms with Gasteiger partial charge in [-0.15, -0.1) is 11.3 Å². The van der Waals surface area contributed by atoms with E-state index in [0.717, 1.165) is 11.4 Å². The lowest BCUT2D eigenvalue weighted by Crippen LogP contribution is -2.28. The average Bonchev–Trinajstić information content (AvgIpc) is 2.98. The fourth-order valence-corrected chi connectivity index (χ4v) is 2.46. The summed E-state index contributed by atoms with van der Waals surface area (Å²) in [5, 5.41) is 14.5. The SMILES string of the molecule is CCC(NC(=O)c1ccc(C#N)cc1)c1nccs1. The molecule has 0 spiro atoms. The number of thiazole rings is 1. The highest BCUT2D eigenvalue weighted by Crippen LogP contribution is 2.19. The number of carbonyl (C=O) groups is 1. The number of aromatic nitrogens is 1. The van der Waals surface area contributed by atoms with E-state index in [1.807, 2.05) is 18.4 Å². The monoisotopic (exact) mass is 271 g/mol. The van der Waals surface area contributed by atoms with E-state index in [2.05, 4.69) is 10.3 Å². The van der Waals surface area contributed by atoms with Gasteiger partial charge in [-0.3, -0.25) is 4.79 Å². The predicted octanol–water partition coefficient (Wildman–Crippen LogP) is 2.90. The standard InChI is InChI=1S/C14H13N3OS/c1-2-12(14-16-7-8-19-14)17-13(18)11-5-3-10(9-15)4-6-11/h3-8,12H,2H2,1H3,(H,17,18).